The fourth-order valence-corrected chi connectivity index (χ4v) is 2.94. The number of nitrogens with zero attached hydrogens (tertiary/aromatic N) is 1. The van der Waals surface area contributed by atoms with Crippen molar-refractivity contribution >= 4 is 15.7 Å². The van der Waals surface area contributed by atoms with Gasteiger partial charge in [-0.1, -0.05) is 0 Å². The third-order valence-corrected chi connectivity index (χ3v) is 4.83. The number of hydrogen-bond acceptors (Lipinski definition) is 4. The zero-order chi connectivity index (χ0) is 14.9. The molecule has 1 aromatic heterocycles. The van der Waals surface area contributed by atoms with Crippen molar-refractivity contribution < 1.29 is 17.2 Å². The van der Waals surface area contributed by atoms with E-state index in [2.05, 4.69) is 0 Å². The highest BCUT2D eigenvalue weighted by Crippen LogP contribution is 2.24. The van der Waals surface area contributed by atoms with Crippen molar-refractivity contribution in [2.24, 2.45) is 0 Å². The van der Waals surface area contributed by atoms with Gasteiger partial charge in [0, 0.05) is 30.4 Å². The van der Waals surface area contributed by atoms with Crippen molar-refractivity contribution in [3.8, 4) is 0 Å². The summed E-state index contributed by atoms with van der Waals surface area (Å²) in [5, 5.41) is 0. The summed E-state index contributed by atoms with van der Waals surface area (Å²) >= 11 is 0. The van der Waals surface area contributed by atoms with Crippen LogP contribution in [0, 0.1) is 12.7 Å². The molecule has 5 nitrogen and oxygen atoms in total. The number of rotatable bonds is 4. The zero-order valence-electron chi connectivity index (χ0n) is 11.1. The van der Waals surface area contributed by atoms with Gasteiger partial charge in [-0.05, 0) is 25.1 Å². The lowest BCUT2D eigenvalue weighted by atomic mass is 10.2. The van der Waals surface area contributed by atoms with Gasteiger partial charge >= 0.3 is 0 Å². The Balaban J connectivity index is 2.35. The summed E-state index contributed by atoms with van der Waals surface area (Å²) in [6.07, 6.45) is 2.91. The summed E-state index contributed by atoms with van der Waals surface area (Å²) in [6.45, 7) is 1.63. The van der Waals surface area contributed by atoms with Gasteiger partial charge < -0.3 is 10.2 Å². The zero-order valence-corrected chi connectivity index (χ0v) is 11.9. The molecule has 0 saturated carbocycles. The molecule has 1 aromatic carbocycles. The van der Waals surface area contributed by atoms with Gasteiger partial charge in [-0.3, -0.25) is 0 Å². The van der Waals surface area contributed by atoms with Crippen molar-refractivity contribution in [2.45, 2.75) is 18.4 Å². The Morgan fingerprint density at radius 3 is 2.65 bits per heavy atom. The summed E-state index contributed by atoms with van der Waals surface area (Å²) in [6, 6.07) is 3.91. The molecule has 7 heteroatoms. The average Bonchev–Trinajstić information content (AvgIpc) is 2.88. The van der Waals surface area contributed by atoms with E-state index in [1.54, 1.807) is 6.07 Å². The quantitative estimate of drug-likeness (QED) is 0.877. The second kappa shape index (κ2) is 5.26. The third-order valence-electron chi connectivity index (χ3n) is 3.05. The Hall–Kier alpha value is -1.86. The molecular formula is C13H15FN2O3S. The maximum absolute atomic E-state index is 13.6. The minimum absolute atomic E-state index is 0.111. The highest BCUT2D eigenvalue weighted by atomic mass is 32.2. The molecule has 0 amide bonds. The first kappa shape index (κ1) is 14.5. The first-order valence-electron chi connectivity index (χ1n) is 5.85. The van der Waals surface area contributed by atoms with E-state index in [9.17, 15) is 12.8 Å². The molecule has 0 atom stereocenters. The highest BCUT2D eigenvalue weighted by Gasteiger charge is 2.23. The van der Waals surface area contributed by atoms with Gasteiger partial charge in [0.05, 0.1) is 17.4 Å². The van der Waals surface area contributed by atoms with Gasteiger partial charge in [0.2, 0.25) is 10.0 Å². The van der Waals surface area contributed by atoms with Crippen molar-refractivity contribution in [1.82, 2.24) is 4.31 Å². The second-order valence-electron chi connectivity index (χ2n) is 4.51. The highest BCUT2D eigenvalue weighted by molar-refractivity contribution is 7.89. The molecule has 0 aliphatic heterocycles. The molecule has 0 saturated heterocycles. The third kappa shape index (κ3) is 2.68. The number of nitrogen functional groups attached to an aromatic ring is 1. The van der Waals surface area contributed by atoms with Gasteiger partial charge in [0.25, 0.3) is 0 Å². The van der Waals surface area contributed by atoms with E-state index in [0.717, 1.165) is 10.4 Å². The van der Waals surface area contributed by atoms with E-state index in [1.807, 2.05) is 0 Å². The molecule has 20 heavy (non-hydrogen) atoms. The van der Waals surface area contributed by atoms with E-state index in [4.69, 9.17) is 10.2 Å². The van der Waals surface area contributed by atoms with Crippen LogP contribution in [0.3, 0.4) is 0 Å². The Morgan fingerprint density at radius 2 is 2.10 bits per heavy atom. The monoisotopic (exact) mass is 298 g/mol. The van der Waals surface area contributed by atoms with Crippen LogP contribution in [0.1, 0.15) is 11.1 Å². The molecule has 2 rings (SSSR count). The van der Waals surface area contributed by atoms with E-state index in [0.29, 0.717) is 5.56 Å². The molecule has 0 spiro atoms. The van der Waals surface area contributed by atoms with Crippen molar-refractivity contribution in [3.05, 3.63) is 47.7 Å². The molecule has 0 unspecified atom stereocenters. The van der Waals surface area contributed by atoms with Crippen LogP contribution in [-0.2, 0) is 16.6 Å². The maximum atomic E-state index is 13.6. The molecule has 0 radical (unpaired) electrons. The summed E-state index contributed by atoms with van der Waals surface area (Å²) in [5.41, 5.74) is 6.67. The number of anilines is 1. The van der Waals surface area contributed by atoms with Crippen LogP contribution in [0.2, 0.25) is 0 Å². The number of halogens is 1. The molecular weight excluding hydrogens is 283 g/mol. The maximum Gasteiger partial charge on any atom is 0.243 e. The lowest BCUT2D eigenvalue weighted by Gasteiger charge is -2.17. The molecule has 0 bridgehead atoms. The SMILES string of the molecule is Cc1c(N)cc(S(=O)(=O)N(C)Cc2ccoc2)cc1F. The normalized spacial score (nSPS) is 12.0. The molecule has 2 aromatic rings. The van der Waals surface area contributed by atoms with E-state index in [-0.39, 0.29) is 22.7 Å². The van der Waals surface area contributed by atoms with E-state index < -0.39 is 15.8 Å². The summed E-state index contributed by atoms with van der Waals surface area (Å²) < 4.78 is 44.3. The number of furan rings is 1. The lowest BCUT2D eigenvalue weighted by molar-refractivity contribution is 0.462. The van der Waals surface area contributed by atoms with Crippen LogP contribution in [0.25, 0.3) is 0 Å². The fraction of sp³-hybridized carbons (Fsp3) is 0.231. The molecule has 0 aliphatic rings. The first-order chi connectivity index (χ1) is 9.32. The summed E-state index contributed by atoms with van der Waals surface area (Å²) in [5.74, 6) is -0.639. The standard InChI is InChI=1S/C13H15FN2O3S/c1-9-12(14)5-11(6-13(9)15)20(17,18)16(2)7-10-3-4-19-8-10/h3-6,8H,7,15H2,1-2H3. The minimum atomic E-state index is -3.81. The number of benzene rings is 1. The van der Waals surface area contributed by atoms with Crippen LogP contribution < -0.4 is 5.73 Å². The number of nitrogens with two attached hydrogens (primary N) is 1. The predicted molar refractivity (Wildman–Crippen MR) is 72.9 cm³/mol. The fourth-order valence-electron chi connectivity index (χ4n) is 1.73. The van der Waals surface area contributed by atoms with Crippen molar-refractivity contribution in [2.75, 3.05) is 12.8 Å². The molecule has 0 aliphatic carbocycles. The molecule has 2 N–H and O–H groups in total. The minimum Gasteiger partial charge on any atom is -0.472 e. The smallest absolute Gasteiger partial charge is 0.243 e. The summed E-state index contributed by atoms with van der Waals surface area (Å²) in [4.78, 5) is -0.163. The van der Waals surface area contributed by atoms with Crippen LogP contribution >= 0.6 is 0 Å². The average molecular weight is 298 g/mol. The van der Waals surface area contributed by atoms with Crippen molar-refractivity contribution in [1.29, 1.82) is 0 Å². The van der Waals surface area contributed by atoms with E-state index >= 15 is 0 Å². The number of hydrogen-bond donors (Lipinski definition) is 1. The van der Waals surface area contributed by atoms with Gasteiger partial charge in [-0.2, -0.15) is 4.31 Å². The number of sulfonamides is 1. The van der Waals surface area contributed by atoms with Gasteiger partial charge in [-0.15, -0.1) is 0 Å². The Kier molecular flexibility index (Phi) is 3.82. The molecule has 108 valence electrons. The Bertz CT molecular complexity index is 688. The van der Waals surface area contributed by atoms with Gasteiger partial charge in [0.1, 0.15) is 5.82 Å². The van der Waals surface area contributed by atoms with Crippen LogP contribution in [-0.4, -0.2) is 19.8 Å². The van der Waals surface area contributed by atoms with Crippen molar-refractivity contribution in [3.63, 3.8) is 0 Å². The Morgan fingerprint density at radius 1 is 1.40 bits per heavy atom. The topological polar surface area (TPSA) is 76.5 Å². The lowest BCUT2D eigenvalue weighted by Crippen LogP contribution is -2.26. The van der Waals surface area contributed by atoms with Gasteiger partial charge in [0.15, 0.2) is 0 Å². The second-order valence-corrected chi connectivity index (χ2v) is 6.56. The molecule has 1 heterocycles. The Labute approximate surface area is 116 Å². The molecule has 0 fully saturated rings. The van der Waals surface area contributed by atoms with Gasteiger partial charge in [-0.25, -0.2) is 12.8 Å². The largest absolute Gasteiger partial charge is 0.472 e. The van der Waals surface area contributed by atoms with Crippen LogP contribution in [0.5, 0.6) is 0 Å². The summed E-state index contributed by atoms with van der Waals surface area (Å²) in [7, 11) is -2.39. The van der Waals surface area contributed by atoms with Crippen LogP contribution in [0.15, 0.2) is 40.0 Å². The first-order valence-corrected chi connectivity index (χ1v) is 7.29. The van der Waals surface area contributed by atoms with E-state index in [1.165, 1.54) is 32.6 Å². The van der Waals surface area contributed by atoms with Crippen LogP contribution in [0.4, 0.5) is 10.1 Å². The predicted octanol–water partition coefficient (Wildman–Crippen LogP) is 2.13.